The molecule has 0 saturated carbocycles. The van der Waals surface area contributed by atoms with E-state index in [1.165, 1.54) is 5.56 Å². The smallest absolute Gasteiger partial charge is 0.319 e. The second-order valence-corrected chi connectivity index (χ2v) is 5.41. The van der Waals surface area contributed by atoms with E-state index in [9.17, 15) is 4.79 Å². The highest BCUT2D eigenvalue weighted by Gasteiger charge is 2.09. The van der Waals surface area contributed by atoms with Gasteiger partial charge in [0.15, 0.2) is 0 Å². The predicted molar refractivity (Wildman–Crippen MR) is 89.7 cm³/mol. The van der Waals surface area contributed by atoms with Gasteiger partial charge in [0, 0.05) is 17.8 Å². The number of urea groups is 1. The lowest BCUT2D eigenvalue weighted by molar-refractivity contribution is 0.247. The van der Waals surface area contributed by atoms with Gasteiger partial charge in [-0.3, -0.25) is 0 Å². The molecule has 1 aromatic rings. The van der Waals surface area contributed by atoms with Gasteiger partial charge in [0.2, 0.25) is 0 Å². The highest BCUT2D eigenvalue weighted by atomic mass is 16.2. The molecule has 0 aliphatic carbocycles. The molecule has 1 atom stereocenters. The van der Waals surface area contributed by atoms with E-state index in [0.29, 0.717) is 0 Å². The van der Waals surface area contributed by atoms with E-state index in [-0.39, 0.29) is 18.1 Å². The summed E-state index contributed by atoms with van der Waals surface area (Å²) in [6.45, 7) is 9.44. The van der Waals surface area contributed by atoms with Crippen LogP contribution in [0.2, 0.25) is 0 Å². The van der Waals surface area contributed by atoms with E-state index in [0.717, 1.165) is 31.5 Å². The quantitative estimate of drug-likeness (QED) is 0.676. The number of nitrogens with one attached hydrogen (secondary N) is 3. The van der Waals surface area contributed by atoms with Gasteiger partial charge >= 0.3 is 6.03 Å². The van der Waals surface area contributed by atoms with Crippen LogP contribution in [0.15, 0.2) is 24.3 Å². The maximum Gasteiger partial charge on any atom is 0.319 e. The molecule has 1 aromatic carbocycles. The topological polar surface area (TPSA) is 53.2 Å². The normalized spacial score (nSPS) is 12.2. The van der Waals surface area contributed by atoms with Crippen molar-refractivity contribution in [2.75, 3.05) is 11.9 Å². The minimum atomic E-state index is -0.130. The van der Waals surface area contributed by atoms with Crippen LogP contribution in [-0.4, -0.2) is 18.6 Å². The number of carbonyl (C=O) groups is 1. The van der Waals surface area contributed by atoms with Crippen LogP contribution in [0.4, 0.5) is 10.5 Å². The first-order valence-electron chi connectivity index (χ1n) is 8.01. The first-order valence-corrected chi connectivity index (χ1v) is 8.01. The molecule has 4 heteroatoms. The van der Waals surface area contributed by atoms with Gasteiger partial charge in [-0.25, -0.2) is 4.79 Å². The van der Waals surface area contributed by atoms with Crippen LogP contribution in [0.1, 0.15) is 58.6 Å². The number of rotatable bonds is 8. The summed E-state index contributed by atoms with van der Waals surface area (Å²) in [5, 5.41) is 9.35. The van der Waals surface area contributed by atoms with Crippen LogP contribution < -0.4 is 16.0 Å². The fourth-order valence-electron chi connectivity index (χ4n) is 2.21. The van der Waals surface area contributed by atoms with Crippen LogP contribution in [0.3, 0.4) is 0 Å². The summed E-state index contributed by atoms with van der Waals surface area (Å²) in [5.41, 5.74) is 2.02. The van der Waals surface area contributed by atoms with Gasteiger partial charge in [0.1, 0.15) is 0 Å². The van der Waals surface area contributed by atoms with E-state index in [2.05, 4.69) is 49.7 Å². The molecule has 0 fully saturated rings. The van der Waals surface area contributed by atoms with Crippen molar-refractivity contribution in [3.05, 3.63) is 29.8 Å². The van der Waals surface area contributed by atoms with Crippen molar-refractivity contribution in [2.24, 2.45) is 0 Å². The molecule has 0 spiro atoms. The lowest BCUT2D eigenvalue weighted by atomic mass is 10.1. The number of amides is 2. The standard InChI is InChI=1S/C17H29N3O/c1-5-11-18-13(4)14-9-8-10-16(12-14)20-17(21)19-15(6-2)7-3/h8-10,12-13,15,18H,5-7,11H2,1-4H3,(H2,19,20,21). The van der Waals surface area contributed by atoms with E-state index in [1.807, 2.05) is 18.2 Å². The minimum absolute atomic E-state index is 0.130. The van der Waals surface area contributed by atoms with Crippen LogP contribution in [-0.2, 0) is 0 Å². The molecule has 21 heavy (non-hydrogen) atoms. The number of anilines is 1. The van der Waals surface area contributed by atoms with Gasteiger partial charge in [-0.05, 0) is 50.4 Å². The fourth-order valence-corrected chi connectivity index (χ4v) is 2.21. The average molecular weight is 291 g/mol. The lowest BCUT2D eigenvalue weighted by Gasteiger charge is -2.17. The Hall–Kier alpha value is -1.55. The zero-order valence-corrected chi connectivity index (χ0v) is 13.7. The zero-order chi connectivity index (χ0) is 15.7. The molecular formula is C17H29N3O. The zero-order valence-electron chi connectivity index (χ0n) is 13.7. The van der Waals surface area contributed by atoms with Crippen LogP contribution in [0, 0.1) is 0 Å². The Labute approximate surface area is 128 Å². The van der Waals surface area contributed by atoms with Crippen molar-refractivity contribution in [3.8, 4) is 0 Å². The Balaban J connectivity index is 2.61. The van der Waals surface area contributed by atoms with Gasteiger partial charge in [-0.2, -0.15) is 0 Å². The monoisotopic (exact) mass is 291 g/mol. The SMILES string of the molecule is CCCNC(C)c1cccc(NC(=O)NC(CC)CC)c1. The fraction of sp³-hybridized carbons (Fsp3) is 0.588. The van der Waals surface area contributed by atoms with Gasteiger partial charge in [0.25, 0.3) is 0 Å². The molecule has 1 unspecified atom stereocenters. The molecule has 3 N–H and O–H groups in total. The van der Waals surface area contributed by atoms with Crippen molar-refractivity contribution in [3.63, 3.8) is 0 Å². The Kier molecular flexibility index (Phi) is 7.83. The summed E-state index contributed by atoms with van der Waals surface area (Å²) in [6, 6.07) is 8.40. The Bertz CT molecular complexity index is 430. The molecule has 0 heterocycles. The molecule has 1 rings (SSSR count). The Morgan fingerprint density at radius 3 is 2.52 bits per heavy atom. The summed E-state index contributed by atoms with van der Waals surface area (Å²) in [5.74, 6) is 0. The van der Waals surface area contributed by atoms with Crippen molar-refractivity contribution in [1.82, 2.24) is 10.6 Å². The highest BCUT2D eigenvalue weighted by Crippen LogP contribution is 2.17. The number of hydrogen-bond donors (Lipinski definition) is 3. The Morgan fingerprint density at radius 1 is 1.19 bits per heavy atom. The van der Waals surface area contributed by atoms with Crippen LogP contribution in [0.5, 0.6) is 0 Å². The third-order valence-electron chi connectivity index (χ3n) is 3.67. The largest absolute Gasteiger partial charge is 0.335 e. The van der Waals surface area contributed by atoms with Crippen molar-refractivity contribution in [2.45, 2.75) is 59.0 Å². The number of benzene rings is 1. The molecule has 2 amide bonds. The van der Waals surface area contributed by atoms with E-state index < -0.39 is 0 Å². The van der Waals surface area contributed by atoms with Crippen LogP contribution in [0.25, 0.3) is 0 Å². The molecule has 0 aliphatic heterocycles. The second-order valence-electron chi connectivity index (χ2n) is 5.41. The van der Waals surface area contributed by atoms with Gasteiger partial charge in [0.05, 0.1) is 0 Å². The summed E-state index contributed by atoms with van der Waals surface area (Å²) < 4.78 is 0. The predicted octanol–water partition coefficient (Wildman–Crippen LogP) is 4.06. The average Bonchev–Trinajstić information content (AvgIpc) is 2.50. The number of hydrogen-bond acceptors (Lipinski definition) is 2. The van der Waals surface area contributed by atoms with E-state index in [4.69, 9.17) is 0 Å². The van der Waals surface area contributed by atoms with Crippen LogP contribution >= 0.6 is 0 Å². The van der Waals surface area contributed by atoms with Gasteiger partial charge in [-0.15, -0.1) is 0 Å². The maximum absolute atomic E-state index is 12.0. The third-order valence-corrected chi connectivity index (χ3v) is 3.67. The highest BCUT2D eigenvalue weighted by molar-refractivity contribution is 5.89. The van der Waals surface area contributed by atoms with Crippen molar-refractivity contribution >= 4 is 11.7 Å². The summed E-state index contributed by atoms with van der Waals surface area (Å²) in [4.78, 5) is 12.0. The molecule has 4 nitrogen and oxygen atoms in total. The molecule has 0 aromatic heterocycles. The van der Waals surface area contributed by atoms with Gasteiger partial charge < -0.3 is 16.0 Å². The molecule has 0 radical (unpaired) electrons. The van der Waals surface area contributed by atoms with E-state index in [1.54, 1.807) is 0 Å². The Morgan fingerprint density at radius 2 is 1.90 bits per heavy atom. The minimum Gasteiger partial charge on any atom is -0.335 e. The first kappa shape index (κ1) is 17.5. The lowest BCUT2D eigenvalue weighted by Crippen LogP contribution is -2.37. The summed E-state index contributed by atoms with van der Waals surface area (Å²) >= 11 is 0. The molecule has 118 valence electrons. The summed E-state index contributed by atoms with van der Waals surface area (Å²) in [7, 11) is 0. The second kappa shape index (κ2) is 9.40. The number of carbonyl (C=O) groups excluding carboxylic acids is 1. The molecule has 0 bridgehead atoms. The maximum atomic E-state index is 12.0. The molecule has 0 saturated heterocycles. The van der Waals surface area contributed by atoms with Crippen molar-refractivity contribution in [1.29, 1.82) is 0 Å². The first-order chi connectivity index (χ1) is 10.1. The summed E-state index contributed by atoms with van der Waals surface area (Å²) in [6.07, 6.45) is 3.00. The van der Waals surface area contributed by atoms with Crippen molar-refractivity contribution < 1.29 is 4.79 Å². The third kappa shape index (κ3) is 6.17. The molecular weight excluding hydrogens is 262 g/mol. The molecule has 0 aliphatic rings. The van der Waals surface area contributed by atoms with Gasteiger partial charge in [-0.1, -0.05) is 32.9 Å². The van der Waals surface area contributed by atoms with E-state index >= 15 is 0 Å².